The summed E-state index contributed by atoms with van der Waals surface area (Å²) < 4.78 is 0. The van der Waals surface area contributed by atoms with Crippen molar-refractivity contribution in [3.05, 3.63) is 12.2 Å². The van der Waals surface area contributed by atoms with Crippen LogP contribution in [0.4, 0.5) is 0 Å². The zero-order chi connectivity index (χ0) is 5.98. The van der Waals surface area contributed by atoms with Crippen LogP contribution in [0, 0.1) is 0 Å². The van der Waals surface area contributed by atoms with Gasteiger partial charge in [-0.2, -0.15) is 0 Å². The maximum Gasteiger partial charge on any atom is 0.0178 e. The zero-order valence-corrected chi connectivity index (χ0v) is 5.76. The van der Waals surface area contributed by atoms with E-state index in [1.165, 1.54) is 18.4 Å². The Balaban J connectivity index is 2.52. The second-order valence-corrected chi connectivity index (χ2v) is 2.73. The molecule has 0 aromatic carbocycles. The molecule has 44 valence electrons. The molecule has 0 atom stereocenters. The van der Waals surface area contributed by atoms with Gasteiger partial charge in [-0.1, -0.05) is 18.8 Å². The summed E-state index contributed by atoms with van der Waals surface area (Å²) in [5, 5.41) is 0. The van der Waals surface area contributed by atoms with E-state index >= 15 is 0 Å². The summed E-state index contributed by atoms with van der Waals surface area (Å²) in [4.78, 5) is 1.11. The van der Waals surface area contributed by atoms with Crippen LogP contribution >= 0.6 is 12.2 Å². The first-order valence-electron chi connectivity index (χ1n) is 3.01. The van der Waals surface area contributed by atoms with Crippen LogP contribution in [0.3, 0.4) is 0 Å². The van der Waals surface area contributed by atoms with Gasteiger partial charge in [0.2, 0.25) is 0 Å². The summed E-state index contributed by atoms with van der Waals surface area (Å²) in [6.45, 7) is 3.85. The van der Waals surface area contributed by atoms with Crippen LogP contribution in [0.5, 0.6) is 0 Å². The molecule has 0 aromatic rings. The number of hydrogen-bond donors (Lipinski definition) is 0. The molecule has 0 unspecified atom stereocenters. The molecule has 0 saturated heterocycles. The van der Waals surface area contributed by atoms with Crippen LogP contribution in [0.25, 0.3) is 0 Å². The first-order chi connectivity index (χ1) is 3.80. The summed E-state index contributed by atoms with van der Waals surface area (Å²) in [5.74, 6) is 0. The van der Waals surface area contributed by atoms with E-state index in [0.717, 1.165) is 17.7 Å². The second kappa shape index (κ2) is 2.40. The Morgan fingerprint density at radius 1 is 1.25 bits per heavy atom. The van der Waals surface area contributed by atoms with E-state index in [-0.39, 0.29) is 0 Å². The van der Waals surface area contributed by atoms with Crippen molar-refractivity contribution in [1.82, 2.24) is 0 Å². The largest absolute Gasteiger partial charge is 0.0947 e. The fraction of sp³-hybridized carbons (Fsp3) is 0.571. The number of thiocarbonyl (C=S) groups is 1. The van der Waals surface area contributed by atoms with E-state index in [4.69, 9.17) is 12.2 Å². The van der Waals surface area contributed by atoms with Crippen LogP contribution in [0.15, 0.2) is 12.2 Å². The summed E-state index contributed by atoms with van der Waals surface area (Å²) in [7, 11) is 0. The molecule has 0 aliphatic heterocycles. The number of hydrogen-bond acceptors (Lipinski definition) is 1. The molecule has 1 aliphatic rings. The number of allylic oxidation sites excluding steroid dienone is 1. The highest BCUT2D eigenvalue weighted by atomic mass is 32.1. The van der Waals surface area contributed by atoms with Crippen molar-refractivity contribution in [2.45, 2.75) is 25.7 Å². The minimum absolute atomic E-state index is 1.11. The summed E-state index contributed by atoms with van der Waals surface area (Å²) in [6, 6.07) is 0. The van der Waals surface area contributed by atoms with Crippen molar-refractivity contribution >= 4 is 17.1 Å². The number of rotatable bonds is 0. The van der Waals surface area contributed by atoms with Crippen LogP contribution < -0.4 is 0 Å². The van der Waals surface area contributed by atoms with Gasteiger partial charge in [0, 0.05) is 4.86 Å². The molecule has 1 fully saturated rings. The Hall–Kier alpha value is -0.170. The molecular formula is C7H10S. The van der Waals surface area contributed by atoms with E-state index in [0.29, 0.717) is 0 Å². The minimum atomic E-state index is 1.11. The van der Waals surface area contributed by atoms with Crippen molar-refractivity contribution in [2.24, 2.45) is 0 Å². The Bertz CT molecular complexity index is 108. The fourth-order valence-corrected chi connectivity index (χ4v) is 1.19. The predicted octanol–water partition coefficient (Wildman–Crippen LogP) is 2.49. The zero-order valence-electron chi connectivity index (χ0n) is 4.94. The van der Waals surface area contributed by atoms with Crippen molar-refractivity contribution in [2.75, 3.05) is 0 Å². The van der Waals surface area contributed by atoms with Gasteiger partial charge in [-0.3, -0.25) is 0 Å². The molecule has 1 saturated carbocycles. The highest BCUT2D eigenvalue weighted by Crippen LogP contribution is 2.18. The molecule has 8 heavy (non-hydrogen) atoms. The molecule has 0 aromatic heterocycles. The Labute approximate surface area is 55.6 Å². The molecular weight excluding hydrogens is 116 g/mol. The summed E-state index contributed by atoms with van der Waals surface area (Å²) in [6.07, 6.45) is 4.81. The summed E-state index contributed by atoms with van der Waals surface area (Å²) in [5.41, 5.74) is 1.20. The minimum Gasteiger partial charge on any atom is -0.0947 e. The maximum atomic E-state index is 5.03. The molecule has 1 rings (SSSR count). The molecule has 0 spiro atoms. The van der Waals surface area contributed by atoms with Crippen molar-refractivity contribution in [1.29, 1.82) is 0 Å². The lowest BCUT2D eigenvalue weighted by atomic mass is 9.96. The van der Waals surface area contributed by atoms with Crippen LogP contribution in [0.1, 0.15) is 25.7 Å². The molecule has 0 N–H and O–H groups in total. The first-order valence-corrected chi connectivity index (χ1v) is 3.42. The third-order valence-corrected chi connectivity index (χ3v) is 2.02. The normalized spacial score (nSPS) is 21.5. The van der Waals surface area contributed by atoms with E-state index in [1.807, 2.05) is 0 Å². The van der Waals surface area contributed by atoms with E-state index in [2.05, 4.69) is 6.58 Å². The average Bonchev–Trinajstić information content (AvgIpc) is 1.77. The second-order valence-electron chi connectivity index (χ2n) is 2.23. The molecule has 0 amide bonds. The Morgan fingerprint density at radius 3 is 2.25 bits per heavy atom. The lowest BCUT2D eigenvalue weighted by Crippen LogP contribution is -2.04. The third kappa shape index (κ3) is 1.16. The van der Waals surface area contributed by atoms with Crippen LogP contribution in [-0.2, 0) is 0 Å². The third-order valence-electron chi connectivity index (χ3n) is 1.53. The van der Waals surface area contributed by atoms with Gasteiger partial charge in [-0.15, -0.1) is 0 Å². The van der Waals surface area contributed by atoms with Crippen molar-refractivity contribution in [3.8, 4) is 0 Å². The summed E-state index contributed by atoms with van der Waals surface area (Å²) >= 11 is 5.03. The van der Waals surface area contributed by atoms with E-state index in [9.17, 15) is 0 Å². The first kappa shape index (κ1) is 5.96. The standard InChI is InChI=1S/C7H10S/c1-6-4-2-3-5-7(6)8/h1-5H2. The quantitative estimate of drug-likeness (QED) is 0.355. The lowest BCUT2D eigenvalue weighted by molar-refractivity contribution is 0.741. The van der Waals surface area contributed by atoms with Crippen LogP contribution in [0.2, 0.25) is 0 Å². The predicted molar refractivity (Wildman–Crippen MR) is 40.2 cm³/mol. The van der Waals surface area contributed by atoms with Gasteiger partial charge in [0.15, 0.2) is 0 Å². The Kier molecular flexibility index (Phi) is 1.79. The van der Waals surface area contributed by atoms with Crippen LogP contribution in [-0.4, -0.2) is 4.86 Å². The average molecular weight is 126 g/mol. The lowest BCUT2D eigenvalue weighted by Gasteiger charge is -2.12. The van der Waals surface area contributed by atoms with Gasteiger partial charge in [0.05, 0.1) is 0 Å². The highest BCUT2D eigenvalue weighted by molar-refractivity contribution is 7.80. The molecule has 0 radical (unpaired) electrons. The molecule has 1 heteroatoms. The van der Waals surface area contributed by atoms with E-state index < -0.39 is 0 Å². The topological polar surface area (TPSA) is 0 Å². The Morgan fingerprint density at radius 2 is 1.88 bits per heavy atom. The molecule has 0 nitrogen and oxygen atoms in total. The smallest absolute Gasteiger partial charge is 0.0178 e. The van der Waals surface area contributed by atoms with Gasteiger partial charge in [-0.05, 0) is 31.3 Å². The van der Waals surface area contributed by atoms with Crippen molar-refractivity contribution in [3.63, 3.8) is 0 Å². The van der Waals surface area contributed by atoms with Gasteiger partial charge in [-0.25, -0.2) is 0 Å². The monoisotopic (exact) mass is 126 g/mol. The molecule has 0 bridgehead atoms. The van der Waals surface area contributed by atoms with Gasteiger partial charge in [0.25, 0.3) is 0 Å². The van der Waals surface area contributed by atoms with E-state index in [1.54, 1.807) is 0 Å². The maximum absolute atomic E-state index is 5.03. The van der Waals surface area contributed by atoms with Gasteiger partial charge < -0.3 is 0 Å². The molecule has 0 heterocycles. The molecule has 1 aliphatic carbocycles. The van der Waals surface area contributed by atoms with Crippen molar-refractivity contribution < 1.29 is 0 Å². The fourth-order valence-electron chi connectivity index (χ4n) is 0.940. The SMILES string of the molecule is C=C1CCCCC1=S. The highest BCUT2D eigenvalue weighted by Gasteiger charge is 2.07. The van der Waals surface area contributed by atoms with Gasteiger partial charge >= 0.3 is 0 Å². The van der Waals surface area contributed by atoms with Gasteiger partial charge in [0.1, 0.15) is 0 Å².